The molecule has 2 heterocycles. The van der Waals surface area contributed by atoms with Crippen LogP contribution in [0.15, 0.2) is 67.3 Å². The van der Waals surface area contributed by atoms with E-state index in [9.17, 15) is 0 Å². The Morgan fingerprint density at radius 1 is 0.969 bits per heavy atom. The molecule has 2 aliphatic heterocycles. The molecule has 0 unspecified atom stereocenters. The van der Waals surface area contributed by atoms with Crippen LogP contribution in [-0.4, -0.2) is 43.6 Å². The zero-order valence-electron chi connectivity index (χ0n) is 18.9. The Morgan fingerprint density at radius 3 is 2.34 bits per heavy atom. The van der Waals surface area contributed by atoms with E-state index in [4.69, 9.17) is 28.4 Å². The minimum Gasteiger partial charge on any atom is -0.497 e. The van der Waals surface area contributed by atoms with Gasteiger partial charge < -0.3 is 28.4 Å². The summed E-state index contributed by atoms with van der Waals surface area (Å²) in [5.41, 5.74) is 2.13. The number of rotatable bonds is 10. The molecule has 0 radical (unpaired) electrons. The van der Waals surface area contributed by atoms with Crippen molar-refractivity contribution in [3.8, 4) is 5.75 Å². The topological polar surface area (TPSA) is 55.4 Å². The molecule has 0 aliphatic carbocycles. The summed E-state index contributed by atoms with van der Waals surface area (Å²) in [4.78, 5) is 0. The molecule has 172 valence electrons. The number of fused-ring (bicyclic) bond motifs is 1. The lowest BCUT2D eigenvalue weighted by atomic mass is 10.0. The van der Waals surface area contributed by atoms with Gasteiger partial charge in [0.05, 0.1) is 26.4 Å². The first kappa shape index (κ1) is 23.0. The summed E-state index contributed by atoms with van der Waals surface area (Å²) in [7, 11) is 1.65. The molecule has 2 aliphatic rings. The number of benzene rings is 2. The minimum absolute atomic E-state index is 0.229. The summed E-state index contributed by atoms with van der Waals surface area (Å²) >= 11 is 0. The lowest BCUT2D eigenvalue weighted by Crippen LogP contribution is -2.39. The predicted molar refractivity (Wildman–Crippen MR) is 120 cm³/mol. The normalized spacial score (nSPS) is 27.1. The summed E-state index contributed by atoms with van der Waals surface area (Å²) in [6, 6.07) is 17.9. The van der Waals surface area contributed by atoms with E-state index in [1.54, 1.807) is 7.11 Å². The monoisotopic (exact) mass is 440 g/mol. The van der Waals surface area contributed by atoms with Gasteiger partial charge in [0, 0.05) is 0 Å². The summed E-state index contributed by atoms with van der Waals surface area (Å²) in [6.07, 6.45) is 0.751. The number of ether oxygens (including phenoxy) is 6. The maximum Gasteiger partial charge on any atom is 0.187 e. The second-order valence-electron chi connectivity index (χ2n) is 8.55. The highest BCUT2D eigenvalue weighted by Gasteiger charge is 2.57. The molecule has 2 aromatic rings. The molecule has 0 N–H and O–H groups in total. The van der Waals surface area contributed by atoms with Crippen LogP contribution in [0.5, 0.6) is 5.75 Å². The third kappa shape index (κ3) is 5.39. The second kappa shape index (κ2) is 10.1. The largest absolute Gasteiger partial charge is 0.497 e. The van der Waals surface area contributed by atoms with Crippen molar-refractivity contribution in [3.05, 3.63) is 78.4 Å². The van der Waals surface area contributed by atoms with Crippen LogP contribution in [0.1, 0.15) is 31.4 Å². The van der Waals surface area contributed by atoms with E-state index in [1.165, 1.54) is 0 Å². The van der Waals surface area contributed by atoms with Gasteiger partial charge in [-0.1, -0.05) is 48.5 Å². The van der Waals surface area contributed by atoms with Crippen LogP contribution < -0.4 is 4.74 Å². The van der Waals surface area contributed by atoms with E-state index < -0.39 is 12.1 Å². The van der Waals surface area contributed by atoms with E-state index in [1.807, 2.05) is 74.5 Å². The van der Waals surface area contributed by atoms with Gasteiger partial charge in [-0.05, 0) is 43.5 Å². The van der Waals surface area contributed by atoms with Crippen molar-refractivity contribution in [2.24, 2.45) is 0 Å². The van der Waals surface area contributed by atoms with Gasteiger partial charge in [0.15, 0.2) is 12.1 Å². The molecule has 0 amide bonds. The van der Waals surface area contributed by atoms with Crippen molar-refractivity contribution in [1.29, 1.82) is 0 Å². The second-order valence-corrected chi connectivity index (χ2v) is 8.55. The van der Waals surface area contributed by atoms with Gasteiger partial charge in [0.2, 0.25) is 0 Å². The molecule has 6 heteroatoms. The van der Waals surface area contributed by atoms with Crippen LogP contribution in [0.2, 0.25) is 0 Å². The number of hydrogen-bond acceptors (Lipinski definition) is 6. The molecule has 0 aromatic heterocycles. The highest BCUT2D eigenvalue weighted by molar-refractivity contribution is 5.26. The van der Waals surface area contributed by atoms with Crippen LogP contribution in [0, 0.1) is 0 Å². The van der Waals surface area contributed by atoms with E-state index in [0.29, 0.717) is 19.6 Å². The Balaban J connectivity index is 1.45. The highest BCUT2D eigenvalue weighted by Crippen LogP contribution is 2.41. The Bertz CT molecular complexity index is 866. The van der Waals surface area contributed by atoms with Gasteiger partial charge in [0.25, 0.3) is 0 Å². The molecule has 5 atom stereocenters. The minimum atomic E-state index is -0.711. The van der Waals surface area contributed by atoms with E-state index in [2.05, 4.69) is 6.58 Å². The summed E-state index contributed by atoms with van der Waals surface area (Å²) < 4.78 is 36.3. The lowest BCUT2D eigenvalue weighted by Gasteiger charge is -2.28. The Labute approximate surface area is 190 Å². The fourth-order valence-electron chi connectivity index (χ4n) is 4.16. The van der Waals surface area contributed by atoms with Crippen molar-refractivity contribution in [1.82, 2.24) is 0 Å². The maximum atomic E-state index is 6.32. The molecule has 2 saturated heterocycles. The number of methoxy groups -OCH3 is 1. The third-order valence-corrected chi connectivity index (χ3v) is 5.69. The standard InChI is InChI=1S/C26H32O6/c1-5-9-21(28-16-18-10-7-6-8-11-18)22-23-24(32-26(2,3)31-23)25(30-22)29-17-19-12-14-20(27-4)15-13-19/h5-8,10-15,21-25H,1,9,16-17H2,2-4H3/t21-,22-,23+,24+,25+/m1/s1. The molecule has 2 aromatic carbocycles. The Kier molecular flexibility index (Phi) is 7.28. The van der Waals surface area contributed by atoms with Crippen molar-refractivity contribution in [2.45, 2.75) is 70.0 Å². The van der Waals surface area contributed by atoms with Gasteiger partial charge in [-0.25, -0.2) is 0 Å². The van der Waals surface area contributed by atoms with E-state index >= 15 is 0 Å². The fourth-order valence-corrected chi connectivity index (χ4v) is 4.16. The summed E-state index contributed by atoms with van der Waals surface area (Å²) in [5, 5.41) is 0. The third-order valence-electron chi connectivity index (χ3n) is 5.69. The lowest BCUT2D eigenvalue weighted by molar-refractivity contribution is -0.248. The molecular formula is C26H32O6. The zero-order chi connectivity index (χ0) is 22.6. The first-order valence-electron chi connectivity index (χ1n) is 11.0. The van der Waals surface area contributed by atoms with Crippen LogP contribution in [0.3, 0.4) is 0 Å². The molecular weight excluding hydrogens is 408 g/mol. The molecule has 0 saturated carbocycles. The average Bonchev–Trinajstić information content (AvgIpc) is 3.29. The SMILES string of the molecule is C=CC[C@@H](OCc1ccccc1)[C@H]1O[C@H](OCc2ccc(OC)cc2)[C@H]2OC(C)(C)O[C@H]21. The average molecular weight is 441 g/mol. The van der Waals surface area contributed by atoms with Crippen LogP contribution in [0.25, 0.3) is 0 Å². The van der Waals surface area contributed by atoms with Crippen LogP contribution in [-0.2, 0) is 36.9 Å². The highest BCUT2D eigenvalue weighted by atomic mass is 16.8. The Hall–Kier alpha value is -2.22. The molecule has 2 fully saturated rings. The van der Waals surface area contributed by atoms with Gasteiger partial charge >= 0.3 is 0 Å². The van der Waals surface area contributed by atoms with Gasteiger partial charge in [-0.15, -0.1) is 6.58 Å². The molecule has 0 spiro atoms. The zero-order valence-corrected chi connectivity index (χ0v) is 18.9. The summed E-state index contributed by atoms with van der Waals surface area (Å²) in [5.74, 6) is 0.0974. The van der Waals surface area contributed by atoms with Crippen LogP contribution >= 0.6 is 0 Å². The molecule has 0 bridgehead atoms. The molecule has 4 rings (SSSR count). The maximum absolute atomic E-state index is 6.32. The van der Waals surface area contributed by atoms with Crippen molar-refractivity contribution < 1.29 is 28.4 Å². The van der Waals surface area contributed by atoms with E-state index in [0.717, 1.165) is 16.9 Å². The number of hydrogen-bond donors (Lipinski definition) is 0. The first-order chi connectivity index (χ1) is 15.5. The first-order valence-corrected chi connectivity index (χ1v) is 11.0. The Morgan fingerprint density at radius 2 is 1.66 bits per heavy atom. The van der Waals surface area contributed by atoms with Gasteiger partial charge in [-0.3, -0.25) is 0 Å². The summed E-state index contributed by atoms with van der Waals surface area (Å²) in [6.45, 7) is 8.61. The van der Waals surface area contributed by atoms with E-state index in [-0.39, 0.29) is 24.4 Å². The smallest absolute Gasteiger partial charge is 0.187 e. The predicted octanol–water partition coefficient (Wildman–Crippen LogP) is 4.62. The fraction of sp³-hybridized carbons (Fsp3) is 0.462. The molecule has 32 heavy (non-hydrogen) atoms. The van der Waals surface area contributed by atoms with Gasteiger partial charge in [0.1, 0.15) is 24.1 Å². The quantitative estimate of drug-likeness (QED) is 0.503. The van der Waals surface area contributed by atoms with Gasteiger partial charge in [-0.2, -0.15) is 0 Å². The van der Waals surface area contributed by atoms with Crippen molar-refractivity contribution in [2.75, 3.05) is 7.11 Å². The van der Waals surface area contributed by atoms with Crippen molar-refractivity contribution in [3.63, 3.8) is 0 Å². The van der Waals surface area contributed by atoms with Crippen molar-refractivity contribution >= 4 is 0 Å². The van der Waals surface area contributed by atoms with Crippen LogP contribution in [0.4, 0.5) is 0 Å². The molecule has 6 nitrogen and oxygen atoms in total.